The smallest absolute Gasteiger partial charge is 0.489 e. The topological polar surface area (TPSA) is 27.7 Å². The first kappa shape index (κ1) is 18.0. The lowest BCUT2D eigenvalue weighted by molar-refractivity contribution is 0.00578. The zero-order valence-corrected chi connectivity index (χ0v) is 15.4. The lowest BCUT2D eigenvalue weighted by Crippen LogP contribution is -2.41. The maximum atomic E-state index is 13.2. The average molecular weight is 342 g/mol. The number of aryl methyl sites for hydroxylation is 1. The lowest BCUT2D eigenvalue weighted by atomic mass is 9.76. The van der Waals surface area contributed by atoms with E-state index in [2.05, 4.69) is 0 Å². The first-order chi connectivity index (χ1) is 11.7. The van der Waals surface area contributed by atoms with Crippen LogP contribution in [-0.2, 0) is 15.9 Å². The van der Waals surface area contributed by atoms with Crippen LogP contribution in [0.4, 0.5) is 4.39 Å². The van der Waals surface area contributed by atoms with E-state index in [4.69, 9.17) is 14.0 Å². The van der Waals surface area contributed by atoms with E-state index in [9.17, 15) is 4.39 Å². The van der Waals surface area contributed by atoms with E-state index in [0.717, 1.165) is 22.3 Å². The van der Waals surface area contributed by atoms with Gasteiger partial charge in [-0.05, 0) is 75.5 Å². The van der Waals surface area contributed by atoms with E-state index >= 15 is 0 Å². The first-order valence-corrected chi connectivity index (χ1v) is 8.51. The normalized spacial score (nSPS) is 18.4. The van der Waals surface area contributed by atoms with Crippen LogP contribution in [0.5, 0.6) is 5.75 Å². The van der Waals surface area contributed by atoms with Crippen molar-refractivity contribution in [2.24, 2.45) is 0 Å². The van der Waals surface area contributed by atoms with Gasteiger partial charge in [0.05, 0.1) is 11.2 Å². The van der Waals surface area contributed by atoms with Gasteiger partial charge in [0.25, 0.3) is 0 Å². The molecule has 25 heavy (non-hydrogen) atoms. The average Bonchev–Trinajstić information content (AvgIpc) is 2.73. The second kappa shape index (κ2) is 6.47. The molecular weight excluding hydrogens is 318 g/mol. The third-order valence-electron chi connectivity index (χ3n) is 5.04. The second-order valence-electron chi connectivity index (χ2n) is 7.53. The molecule has 0 saturated carbocycles. The quantitative estimate of drug-likeness (QED) is 0.786. The van der Waals surface area contributed by atoms with Crippen molar-refractivity contribution in [1.29, 1.82) is 0 Å². The SMILES string of the molecule is Cc1cc(OCc2cccc(F)c2)ccc1B1OC(C)(C)C(C)(C)O1. The molecule has 0 aromatic heterocycles. The Bertz CT molecular complexity index is 757. The van der Waals surface area contributed by atoms with E-state index in [1.54, 1.807) is 6.07 Å². The van der Waals surface area contributed by atoms with Gasteiger partial charge in [-0.1, -0.05) is 18.2 Å². The third-order valence-corrected chi connectivity index (χ3v) is 5.04. The van der Waals surface area contributed by atoms with Crippen molar-refractivity contribution < 1.29 is 18.4 Å². The van der Waals surface area contributed by atoms with Crippen LogP contribution in [0.1, 0.15) is 38.8 Å². The van der Waals surface area contributed by atoms with Crippen LogP contribution in [-0.4, -0.2) is 18.3 Å². The minimum Gasteiger partial charge on any atom is -0.489 e. The minimum atomic E-state index is -0.387. The van der Waals surface area contributed by atoms with Gasteiger partial charge in [-0.25, -0.2) is 4.39 Å². The molecule has 0 bridgehead atoms. The van der Waals surface area contributed by atoms with Crippen LogP contribution in [0.25, 0.3) is 0 Å². The van der Waals surface area contributed by atoms with Crippen molar-refractivity contribution in [3.63, 3.8) is 0 Å². The van der Waals surface area contributed by atoms with Gasteiger partial charge in [-0.15, -0.1) is 0 Å². The van der Waals surface area contributed by atoms with Crippen molar-refractivity contribution in [2.75, 3.05) is 0 Å². The Hall–Kier alpha value is -1.85. The van der Waals surface area contributed by atoms with Crippen molar-refractivity contribution in [3.8, 4) is 5.75 Å². The number of halogens is 1. The molecule has 1 aliphatic heterocycles. The van der Waals surface area contributed by atoms with Gasteiger partial charge in [0.1, 0.15) is 18.2 Å². The second-order valence-corrected chi connectivity index (χ2v) is 7.53. The maximum absolute atomic E-state index is 13.2. The van der Waals surface area contributed by atoms with E-state index < -0.39 is 0 Å². The molecule has 0 N–H and O–H groups in total. The summed E-state index contributed by atoms with van der Waals surface area (Å²) >= 11 is 0. The molecule has 0 aliphatic carbocycles. The molecule has 0 radical (unpaired) electrons. The minimum absolute atomic E-state index is 0.256. The Kier molecular flexibility index (Phi) is 4.65. The summed E-state index contributed by atoms with van der Waals surface area (Å²) in [6, 6.07) is 12.2. The Morgan fingerprint density at radius 2 is 1.68 bits per heavy atom. The van der Waals surface area contributed by atoms with Crippen LogP contribution in [0, 0.1) is 12.7 Å². The van der Waals surface area contributed by atoms with Crippen LogP contribution in [0.15, 0.2) is 42.5 Å². The fraction of sp³-hybridized carbons (Fsp3) is 0.400. The van der Waals surface area contributed by atoms with E-state index in [-0.39, 0.29) is 24.1 Å². The number of benzene rings is 2. The van der Waals surface area contributed by atoms with Gasteiger partial charge < -0.3 is 14.0 Å². The summed E-state index contributed by atoms with van der Waals surface area (Å²) in [5.41, 5.74) is 2.10. The van der Waals surface area contributed by atoms with Crippen LogP contribution < -0.4 is 10.2 Å². The summed E-state index contributed by atoms with van der Waals surface area (Å²) in [6.45, 7) is 10.5. The molecule has 0 spiro atoms. The summed E-state index contributed by atoms with van der Waals surface area (Å²) in [6.07, 6.45) is 0. The summed E-state index contributed by atoms with van der Waals surface area (Å²) in [7, 11) is -0.387. The van der Waals surface area contributed by atoms with E-state index in [1.165, 1.54) is 12.1 Å². The van der Waals surface area contributed by atoms with Crippen molar-refractivity contribution in [2.45, 2.75) is 52.4 Å². The monoisotopic (exact) mass is 342 g/mol. The molecular formula is C20H24BFO3. The summed E-state index contributed by atoms with van der Waals surface area (Å²) < 4.78 is 31.2. The molecule has 1 heterocycles. The molecule has 3 nitrogen and oxygen atoms in total. The first-order valence-electron chi connectivity index (χ1n) is 8.51. The molecule has 2 aromatic carbocycles. The van der Waals surface area contributed by atoms with Gasteiger partial charge in [-0.2, -0.15) is 0 Å². The Morgan fingerprint density at radius 1 is 1.00 bits per heavy atom. The molecule has 0 atom stereocenters. The highest BCUT2D eigenvalue weighted by molar-refractivity contribution is 6.62. The largest absolute Gasteiger partial charge is 0.495 e. The molecule has 2 aromatic rings. The Labute approximate surface area is 149 Å². The lowest BCUT2D eigenvalue weighted by Gasteiger charge is -2.32. The highest BCUT2D eigenvalue weighted by Gasteiger charge is 2.52. The molecule has 0 amide bonds. The number of ether oxygens (including phenoxy) is 1. The van der Waals surface area contributed by atoms with Crippen LogP contribution in [0.3, 0.4) is 0 Å². The number of hydrogen-bond donors (Lipinski definition) is 0. The molecule has 3 rings (SSSR count). The molecule has 132 valence electrons. The summed E-state index contributed by atoms with van der Waals surface area (Å²) in [5.74, 6) is 0.482. The number of hydrogen-bond acceptors (Lipinski definition) is 3. The van der Waals surface area contributed by atoms with Gasteiger partial charge in [-0.3, -0.25) is 0 Å². The molecule has 5 heteroatoms. The third kappa shape index (κ3) is 3.72. The predicted molar refractivity (Wildman–Crippen MR) is 97.6 cm³/mol. The highest BCUT2D eigenvalue weighted by atomic mass is 19.1. The predicted octanol–water partition coefficient (Wildman–Crippen LogP) is 4.01. The van der Waals surface area contributed by atoms with Gasteiger partial charge in [0, 0.05) is 0 Å². The van der Waals surface area contributed by atoms with Crippen molar-refractivity contribution in [3.05, 3.63) is 59.4 Å². The summed E-state index contributed by atoms with van der Waals surface area (Å²) in [5, 5.41) is 0. The van der Waals surface area contributed by atoms with E-state index in [0.29, 0.717) is 6.61 Å². The Balaban J connectivity index is 1.71. The van der Waals surface area contributed by atoms with Crippen molar-refractivity contribution >= 4 is 12.6 Å². The van der Waals surface area contributed by atoms with E-state index in [1.807, 2.05) is 58.9 Å². The molecule has 1 aliphatic rings. The standard InChI is InChI=1S/C20H24BFO3/c1-14-11-17(23-13-15-7-6-8-16(22)12-15)9-10-18(14)21-24-19(2,3)20(4,5)25-21/h6-12H,13H2,1-5H3. The fourth-order valence-corrected chi connectivity index (χ4v) is 2.77. The van der Waals surface area contributed by atoms with Crippen LogP contribution in [0.2, 0.25) is 0 Å². The van der Waals surface area contributed by atoms with Gasteiger partial charge >= 0.3 is 7.12 Å². The summed E-state index contributed by atoms with van der Waals surface area (Å²) in [4.78, 5) is 0. The fourth-order valence-electron chi connectivity index (χ4n) is 2.77. The van der Waals surface area contributed by atoms with Gasteiger partial charge in [0.15, 0.2) is 0 Å². The van der Waals surface area contributed by atoms with Gasteiger partial charge in [0.2, 0.25) is 0 Å². The highest BCUT2D eigenvalue weighted by Crippen LogP contribution is 2.36. The van der Waals surface area contributed by atoms with Crippen molar-refractivity contribution in [1.82, 2.24) is 0 Å². The molecule has 1 fully saturated rings. The zero-order valence-electron chi connectivity index (χ0n) is 15.4. The molecule has 0 unspecified atom stereocenters. The van der Waals surface area contributed by atoms with Crippen LogP contribution >= 0.6 is 0 Å². The zero-order chi connectivity index (χ0) is 18.2. The Morgan fingerprint density at radius 3 is 2.28 bits per heavy atom. The maximum Gasteiger partial charge on any atom is 0.495 e. The number of rotatable bonds is 4. The molecule has 1 saturated heterocycles.